The lowest BCUT2D eigenvalue weighted by molar-refractivity contribution is -0.0136. The Morgan fingerprint density at radius 3 is 2.44 bits per heavy atom. The third kappa shape index (κ3) is 3.33. The van der Waals surface area contributed by atoms with E-state index in [0.29, 0.717) is 0 Å². The highest BCUT2D eigenvalue weighted by Crippen LogP contribution is 2.35. The van der Waals surface area contributed by atoms with Crippen LogP contribution in [0.1, 0.15) is 39.4 Å². The second kappa shape index (κ2) is 6.17. The molecule has 1 aromatic heterocycles. The van der Waals surface area contributed by atoms with Crippen LogP contribution < -0.4 is 5.32 Å². The van der Waals surface area contributed by atoms with Gasteiger partial charge in [-0.15, -0.1) is 0 Å². The van der Waals surface area contributed by atoms with Gasteiger partial charge in [0.1, 0.15) is 0 Å². The molecular formula is C13H24BrN3O. The summed E-state index contributed by atoms with van der Waals surface area (Å²) < 4.78 is 8.65. The number of rotatable bonds is 5. The minimum absolute atomic E-state index is 0.0469. The maximum atomic E-state index is 5.74. The van der Waals surface area contributed by atoms with Gasteiger partial charge >= 0.3 is 0 Å². The SMILES string of the molecule is CCNC(c1c(Br)cnn1C)C(OC)C(C)(C)C. The van der Waals surface area contributed by atoms with Crippen LogP contribution in [0.25, 0.3) is 0 Å². The largest absolute Gasteiger partial charge is 0.379 e. The van der Waals surface area contributed by atoms with Crippen molar-refractivity contribution >= 4 is 15.9 Å². The van der Waals surface area contributed by atoms with Crippen molar-refractivity contribution in [1.82, 2.24) is 15.1 Å². The summed E-state index contributed by atoms with van der Waals surface area (Å²) in [6, 6.07) is 0.113. The number of hydrogen-bond donors (Lipinski definition) is 1. The van der Waals surface area contributed by atoms with E-state index in [1.54, 1.807) is 7.11 Å². The molecule has 1 N–H and O–H groups in total. The normalized spacial score (nSPS) is 15.7. The highest BCUT2D eigenvalue weighted by molar-refractivity contribution is 9.10. The third-order valence-electron chi connectivity index (χ3n) is 3.07. The van der Waals surface area contributed by atoms with Gasteiger partial charge in [0, 0.05) is 14.2 Å². The Balaban J connectivity index is 3.17. The molecule has 18 heavy (non-hydrogen) atoms. The molecule has 0 amide bonds. The van der Waals surface area contributed by atoms with Gasteiger partial charge in [-0.1, -0.05) is 27.7 Å². The lowest BCUT2D eigenvalue weighted by Crippen LogP contribution is -2.42. The highest BCUT2D eigenvalue weighted by atomic mass is 79.9. The van der Waals surface area contributed by atoms with Crippen molar-refractivity contribution in [3.8, 4) is 0 Å². The number of nitrogens with one attached hydrogen (secondary N) is 1. The number of ether oxygens (including phenoxy) is 1. The lowest BCUT2D eigenvalue weighted by Gasteiger charge is -2.36. The van der Waals surface area contributed by atoms with Gasteiger partial charge in [-0.05, 0) is 27.9 Å². The molecule has 0 saturated carbocycles. The fraction of sp³-hybridized carbons (Fsp3) is 0.769. The fourth-order valence-corrected chi connectivity index (χ4v) is 2.92. The zero-order valence-corrected chi connectivity index (χ0v) is 13.7. The predicted molar refractivity (Wildman–Crippen MR) is 77.6 cm³/mol. The minimum Gasteiger partial charge on any atom is -0.379 e. The second-order valence-corrected chi connectivity index (χ2v) is 6.41. The summed E-state index contributed by atoms with van der Waals surface area (Å²) in [4.78, 5) is 0. The van der Waals surface area contributed by atoms with Crippen molar-refractivity contribution < 1.29 is 4.74 Å². The van der Waals surface area contributed by atoms with Gasteiger partial charge < -0.3 is 10.1 Å². The van der Waals surface area contributed by atoms with Crippen LogP contribution in [0.3, 0.4) is 0 Å². The molecular weight excluding hydrogens is 294 g/mol. The van der Waals surface area contributed by atoms with Crippen LogP contribution >= 0.6 is 15.9 Å². The van der Waals surface area contributed by atoms with Gasteiger partial charge in [0.05, 0.1) is 28.5 Å². The Labute approximate surface area is 118 Å². The molecule has 0 fully saturated rings. The van der Waals surface area contributed by atoms with E-state index in [2.05, 4.69) is 54.0 Å². The monoisotopic (exact) mass is 317 g/mol. The smallest absolute Gasteiger partial charge is 0.0829 e. The topological polar surface area (TPSA) is 39.1 Å². The molecule has 104 valence electrons. The number of hydrogen-bond acceptors (Lipinski definition) is 3. The maximum Gasteiger partial charge on any atom is 0.0829 e. The molecule has 0 saturated heterocycles. The van der Waals surface area contributed by atoms with Gasteiger partial charge in [0.25, 0.3) is 0 Å². The molecule has 0 radical (unpaired) electrons. The van der Waals surface area contributed by atoms with Crippen molar-refractivity contribution in [2.75, 3.05) is 13.7 Å². The molecule has 1 heterocycles. The van der Waals surface area contributed by atoms with Crippen LogP contribution in [0, 0.1) is 5.41 Å². The molecule has 0 aliphatic rings. The first-order valence-electron chi connectivity index (χ1n) is 6.26. The number of methoxy groups -OCH3 is 1. The van der Waals surface area contributed by atoms with E-state index in [1.807, 2.05) is 17.9 Å². The Hall–Kier alpha value is -0.390. The molecule has 5 heteroatoms. The lowest BCUT2D eigenvalue weighted by atomic mass is 9.83. The Morgan fingerprint density at radius 1 is 1.50 bits per heavy atom. The second-order valence-electron chi connectivity index (χ2n) is 5.56. The first-order chi connectivity index (χ1) is 8.32. The molecule has 0 spiro atoms. The summed E-state index contributed by atoms with van der Waals surface area (Å²) in [5.41, 5.74) is 1.17. The van der Waals surface area contributed by atoms with Crippen molar-refractivity contribution in [3.05, 3.63) is 16.4 Å². The van der Waals surface area contributed by atoms with Crippen molar-refractivity contribution in [1.29, 1.82) is 0 Å². The number of halogens is 1. The van der Waals surface area contributed by atoms with Crippen LogP contribution in [0.5, 0.6) is 0 Å². The van der Waals surface area contributed by atoms with E-state index in [4.69, 9.17) is 4.74 Å². The molecule has 4 nitrogen and oxygen atoms in total. The summed E-state index contributed by atoms with van der Waals surface area (Å²) in [6.45, 7) is 9.56. The van der Waals surface area contributed by atoms with Gasteiger partial charge in [-0.2, -0.15) is 5.10 Å². The molecule has 0 bridgehead atoms. The summed E-state index contributed by atoms with van der Waals surface area (Å²) >= 11 is 3.57. The molecule has 0 aromatic carbocycles. The summed E-state index contributed by atoms with van der Waals surface area (Å²) in [5, 5.41) is 7.80. The standard InChI is InChI=1S/C13H24BrN3O/c1-7-15-10(12(18-6)13(2,3)4)11-9(14)8-16-17(11)5/h8,10,12,15H,7H2,1-6H3. The molecule has 0 aliphatic heterocycles. The predicted octanol–water partition coefficient (Wildman–Crippen LogP) is 2.89. The van der Waals surface area contributed by atoms with E-state index in [9.17, 15) is 0 Å². The number of aromatic nitrogens is 2. The first-order valence-corrected chi connectivity index (χ1v) is 7.05. The fourth-order valence-electron chi connectivity index (χ4n) is 2.33. The minimum atomic E-state index is 0.0469. The van der Waals surface area contributed by atoms with Gasteiger partial charge in [0.15, 0.2) is 0 Å². The average molecular weight is 318 g/mol. The van der Waals surface area contributed by atoms with Crippen molar-refractivity contribution in [3.63, 3.8) is 0 Å². The number of nitrogens with zero attached hydrogens (tertiary/aromatic N) is 2. The van der Waals surface area contributed by atoms with Crippen LogP contribution in [-0.4, -0.2) is 29.5 Å². The van der Waals surface area contributed by atoms with Crippen molar-refractivity contribution in [2.45, 2.75) is 39.8 Å². The van der Waals surface area contributed by atoms with Crippen LogP contribution in [0.4, 0.5) is 0 Å². The number of aryl methyl sites for hydroxylation is 1. The van der Waals surface area contributed by atoms with E-state index in [0.717, 1.165) is 16.7 Å². The highest BCUT2D eigenvalue weighted by Gasteiger charge is 2.35. The molecule has 2 atom stereocenters. The summed E-state index contributed by atoms with van der Waals surface area (Å²) in [5.74, 6) is 0. The van der Waals surface area contributed by atoms with Gasteiger partial charge in [-0.3, -0.25) is 4.68 Å². The van der Waals surface area contributed by atoms with E-state index >= 15 is 0 Å². The molecule has 1 aromatic rings. The first kappa shape index (κ1) is 15.7. The average Bonchev–Trinajstić information content (AvgIpc) is 2.56. The molecule has 1 rings (SSSR count). The third-order valence-corrected chi connectivity index (χ3v) is 3.68. The van der Waals surface area contributed by atoms with Crippen LogP contribution in [0.2, 0.25) is 0 Å². The Morgan fingerprint density at radius 2 is 2.11 bits per heavy atom. The summed E-state index contributed by atoms with van der Waals surface area (Å²) in [7, 11) is 3.73. The van der Waals surface area contributed by atoms with Crippen LogP contribution in [0.15, 0.2) is 10.7 Å². The Kier molecular flexibility index (Phi) is 5.37. The van der Waals surface area contributed by atoms with Crippen LogP contribution in [-0.2, 0) is 11.8 Å². The van der Waals surface area contributed by atoms with Crippen molar-refractivity contribution in [2.24, 2.45) is 12.5 Å². The zero-order valence-electron chi connectivity index (χ0n) is 12.1. The van der Waals surface area contributed by atoms with Gasteiger partial charge in [0.2, 0.25) is 0 Å². The van der Waals surface area contributed by atoms with E-state index in [1.165, 1.54) is 0 Å². The van der Waals surface area contributed by atoms with E-state index in [-0.39, 0.29) is 17.6 Å². The molecule has 2 unspecified atom stereocenters. The maximum absolute atomic E-state index is 5.74. The number of likely N-dealkylation sites (N-methyl/N-ethyl adjacent to an activating group) is 1. The summed E-state index contributed by atoms with van der Waals surface area (Å²) in [6.07, 6.45) is 1.90. The van der Waals surface area contributed by atoms with E-state index < -0.39 is 0 Å². The zero-order chi connectivity index (χ0) is 13.9. The van der Waals surface area contributed by atoms with Gasteiger partial charge in [-0.25, -0.2) is 0 Å². The Bertz CT molecular complexity index is 365. The quantitative estimate of drug-likeness (QED) is 0.907. The molecule has 0 aliphatic carbocycles.